The summed E-state index contributed by atoms with van der Waals surface area (Å²) in [7, 11) is 1.50. The van der Waals surface area contributed by atoms with Gasteiger partial charge >= 0.3 is 0 Å². The van der Waals surface area contributed by atoms with Crippen molar-refractivity contribution in [2.24, 2.45) is 0 Å². The van der Waals surface area contributed by atoms with Gasteiger partial charge in [-0.2, -0.15) is 0 Å². The molecule has 1 heterocycles. The fraction of sp³-hybridized carbons (Fsp3) is 0.154. The second-order valence-corrected chi connectivity index (χ2v) is 8.28. The van der Waals surface area contributed by atoms with Gasteiger partial charge in [-0.25, -0.2) is 4.39 Å². The van der Waals surface area contributed by atoms with E-state index in [0.717, 1.165) is 11.8 Å². The molecule has 2 amide bonds. The highest BCUT2D eigenvalue weighted by Crippen LogP contribution is 2.34. The van der Waals surface area contributed by atoms with Gasteiger partial charge in [0.2, 0.25) is 0 Å². The third kappa shape index (κ3) is 5.58. The summed E-state index contributed by atoms with van der Waals surface area (Å²) < 4.78 is 30.6. The number of ether oxygens (including phenoxy) is 3. The zero-order chi connectivity index (χ0) is 23.9. The number of hydrogen-bond acceptors (Lipinski definition) is 6. The van der Waals surface area contributed by atoms with Crippen LogP contribution >= 0.6 is 11.8 Å². The van der Waals surface area contributed by atoms with E-state index in [1.807, 2.05) is 30.3 Å². The molecule has 1 fully saturated rings. The van der Waals surface area contributed by atoms with E-state index in [-0.39, 0.29) is 36.7 Å². The van der Waals surface area contributed by atoms with Gasteiger partial charge in [0.1, 0.15) is 24.8 Å². The predicted molar refractivity (Wildman–Crippen MR) is 128 cm³/mol. The number of para-hydroxylation sites is 1. The molecule has 0 unspecified atom stereocenters. The Balaban J connectivity index is 1.41. The van der Waals surface area contributed by atoms with Crippen molar-refractivity contribution >= 4 is 29.0 Å². The molecule has 0 spiro atoms. The minimum Gasteiger partial charge on any atom is -0.493 e. The summed E-state index contributed by atoms with van der Waals surface area (Å²) in [4.78, 5) is 26.6. The summed E-state index contributed by atoms with van der Waals surface area (Å²) in [5, 5.41) is -0.343. The molecule has 4 rings (SSSR count). The standard InChI is InChI=1S/C26H22FNO5S/c1-31-23-15-18(11-12-22(23)33-17-19-7-5-6-10-21(19)27)16-24-25(29)28(26(30)34-24)13-14-32-20-8-3-2-4-9-20/h2-12,15-16H,13-14,17H2,1H3/b24-16-. The molecule has 3 aromatic rings. The van der Waals surface area contributed by atoms with Crippen LogP contribution < -0.4 is 14.2 Å². The van der Waals surface area contributed by atoms with Gasteiger partial charge in [0.15, 0.2) is 11.5 Å². The number of halogens is 1. The highest BCUT2D eigenvalue weighted by atomic mass is 32.2. The van der Waals surface area contributed by atoms with E-state index in [9.17, 15) is 14.0 Å². The lowest BCUT2D eigenvalue weighted by Gasteiger charge is -2.13. The van der Waals surface area contributed by atoms with Crippen LogP contribution in [0.25, 0.3) is 6.08 Å². The monoisotopic (exact) mass is 479 g/mol. The number of amides is 2. The number of carbonyl (C=O) groups is 2. The van der Waals surface area contributed by atoms with Gasteiger partial charge < -0.3 is 14.2 Å². The highest BCUT2D eigenvalue weighted by molar-refractivity contribution is 8.18. The number of thioether (sulfide) groups is 1. The van der Waals surface area contributed by atoms with Gasteiger partial charge in [-0.3, -0.25) is 14.5 Å². The molecule has 8 heteroatoms. The van der Waals surface area contributed by atoms with E-state index in [4.69, 9.17) is 14.2 Å². The van der Waals surface area contributed by atoms with Gasteiger partial charge in [0.25, 0.3) is 11.1 Å². The van der Waals surface area contributed by atoms with E-state index in [2.05, 4.69) is 0 Å². The Labute approximate surface area is 200 Å². The number of imide groups is 1. The number of nitrogens with zero attached hydrogens (tertiary/aromatic N) is 1. The van der Waals surface area contributed by atoms with Crippen LogP contribution in [0.3, 0.4) is 0 Å². The summed E-state index contributed by atoms with van der Waals surface area (Å²) in [6, 6.07) is 20.7. The number of hydrogen-bond donors (Lipinski definition) is 0. The third-order valence-electron chi connectivity index (χ3n) is 5.03. The van der Waals surface area contributed by atoms with Crippen molar-refractivity contribution in [1.82, 2.24) is 4.90 Å². The first-order valence-corrected chi connectivity index (χ1v) is 11.3. The lowest BCUT2D eigenvalue weighted by molar-refractivity contribution is -0.123. The molecule has 0 radical (unpaired) electrons. The molecule has 0 aromatic heterocycles. The molecular formula is C26H22FNO5S. The van der Waals surface area contributed by atoms with E-state index in [1.54, 1.807) is 42.5 Å². The predicted octanol–water partition coefficient (Wildman–Crippen LogP) is 5.53. The largest absolute Gasteiger partial charge is 0.493 e. The Kier molecular flexibility index (Phi) is 7.49. The topological polar surface area (TPSA) is 65.1 Å². The maximum absolute atomic E-state index is 13.8. The maximum atomic E-state index is 13.8. The molecule has 1 saturated heterocycles. The zero-order valence-electron chi connectivity index (χ0n) is 18.4. The molecule has 0 saturated carbocycles. The van der Waals surface area contributed by atoms with Crippen LogP contribution in [-0.2, 0) is 11.4 Å². The van der Waals surface area contributed by atoms with Crippen LogP contribution in [-0.4, -0.2) is 36.3 Å². The smallest absolute Gasteiger partial charge is 0.293 e. The Morgan fingerprint density at radius 1 is 0.941 bits per heavy atom. The van der Waals surface area contributed by atoms with Crippen molar-refractivity contribution in [2.45, 2.75) is 6.61 Å². The van der Waals surface area contributed by atoms with Crippen LogP contribution in [0.2, 0.25) is 0 Å². The van der Waals surface area contributed by atoms with E-state index in [1.165, 1.54) is 18.1 Å². The van der Waals surface area contributed by atoms with Gasteiger partial charge in [0, 0.05) is 5.56 Å². The molecule has 1 aliphatic heterocycles. The number of benzene rings is 3. The highest BCUT2D eigenvalue weighted by Gasteiger charge is 2.34. The molecule has 174 valence electrons. The van der Waals surface area contributed by atoms with Gasteiger partial charge in [0.05, 0.1) is 18.6 Å². The van der Waals surface area contributed by atoms with Gasteiger partial charge in [-0.15, -0.1) is 0 Å². The number of methoxy groups -OCH3 is 1. The van der Waals surface area contributed by atoms with Crippen molar-refractivity contribution in [2.75, 3.05) is 20.3 Å². The molecule has 6 nitrogen and oxygen atoms in total. The van der Waals surface area contributed by atoms with Crippen molar-refractivity contribution < 1.29 is 28.2 Å². The molecule has 0 N–H and O–H groups in total. The number of carbonyl (C=O) groups excluding carboxylic acids is 2. The van der Waals surface area contributed by atoms with Crippen LogP contribution in [0.1, 0.15) is 11.1 Å². The maximum Gasteiger partial charge on any atom is 0.293 e. The lowest BCUT2D eigenvalue weighted by Crippen LogP contribution is -2.32. The molecule has 34 heavy (non-hydrogen) atoms. The van der Waals surface area contributed by atoms with Crippen LogP contribution in [0.4, 0.5) is 9.18 Å². The van der Waals surface area contributed by atoms with Crippen molar-refractivity contribution in [1.29, 1.82) is 0 Å². The fourth-order valence-electron chi connectivity index (χ4n) is 3.28. The van der Waals surface area contributed by atoms with E-state index in [0.29, 0.717) is 33.3 Å². The second kappa shape index (κ2) is 10.9. The molecule has 1 aliphatic rings. The normalized spacial score (nSPS) is 14.5. The van der Waals surface area contributed by atoms with Crippen molar-refractivity contribution in [3.8, 4) is 17.2 Å². The van der Waals surface area contributed by atoms with Crippen LogP contribution in [0.5, 0.6) is 17.2 Å². The first-order valence-electron chi connectivity index (χ1n) is 10.5. The SMILES string of the molecule is COc1cc(/C=C2\SC(=O)N(CCOc3ccccc3)C2=O)ccc1OCc1ccccc1F. The first-order chi connectivity index (χ1) is 16.5. The quantitative estimate of drug-likeness (QED) is 0.376. The van der Waals surface area contributed by atoms with Gasteiger partial charge in [-0.1, -0.05) is 42.5 Å². The number of rotatable bonds is 9. The summed E-state index contributed by atoms with van der Waals surface area (Å²) in [5.74, 6) is 0.831. The molecule has 0 bridgehead atoms. The average molecular weight is 480 g/mol. The summed E-state index contributed by atoms with van der Waals surface area (Å²) in [6.45, 7) is 0.409. The Morgan fingerprint density at radius 2 is 1.71 bits per heavy atom. The second-order valence-electron chi connectivity index (χ2n) is 7.29. The first kappa shape index (κ1) is 23.4. The summed E-state index contributed by atoms with van der Waals surface area (Å²) in [6.07, 6.45) is 1.63. The van der Waals surface area contributed by atoms with Crippen molar-refractivity contribution in [3.05, 3.63) is 94.6 Å². The Bertz CT molecular complexity index is 1210. The Hall–Kier alpha value is -3.78. The molecule has 0 atom stereocenters. The third-order valence-corrected chi connectivity index (χ3v) is 5.93. The van der Waals surface area contributed by atoms with E-state index < -0.39 is 0 Å². The molecule has 3 aromatic carbocycles. The van der Waals surface area contributed by atoms with Crippen molar-refractivity contribution in [3.63, 3.8) is 0 Å². The van der Waals surface area contributed by atoms with Crippen LogP contribution in [0, 0.1) is 5.82 Å². The van der Waals surface area contributed by atoms with E-state index >= 15 is 0 Å². The lowest BCUT2D eigenvalue weighted by atomic mass is 10.1. The average Bonchev–Trinajstić information content (AvgIpc) is 3.12. The van der Waals surface area contributed by atoms with Gasteiger partial charge in [-0.05, 0) is 53.7 Å². The molecular weight excluding hydrogens is 457 g/mol. The van der Waals surface area contributed by atoms with Crippen LogP contribution in [0.15, 0.2) is 77.7 Å². The minimum absolute atomic E-state index is 0.0479. The molecule has 0 aliphatic carbocycles. The Morgan fingerprint density at radius 3 is 2.47 bits per heavy atom. The zero-order valence-corrected chi connectivity index (χ0v) is 19.2. The minimum atomic E-state index is -0.370. The summed E-state index contributed by atoms with van der Waals surface area (Å²) >= 11 is 0.879. The summed E-state index contributed by atoms with van der Waals surface area (Å²) in [5.41, 5.74) is 1.10. The fourth-order valence-corrected chi connectivity index (χ4v) is 4.14.